The molecule has 0 saturated heterocycles. The van der Waals surface area contributed by atoms with Gasteiger partial charge in [0.25, 0.3) is 0 Å². The highest BCUT2D eigenvalue weighted by molar-refractivity contribution is 5.92. The lowest BCUT2D eigenvalue weighted by Crippen LogP contribution is -2.26. The highest BCUT2D eigenvalue weighted by Gasteiger charge is 2.23. The quantitative estimate of drug-likeness (QED) is 0.828. The van der Waals surface area contributed by atoms with Crippen LogP contribution < -0.4 is 5.69 Å². The number of H-pyrrole nitrogens is 1. The maximum Gasteiger partial charge on any atom is 0.335 e. The Morgan fingerprint density at radius 3 is 2.76 bits per heavy atom. The summed E-state index contributed by atoms with van der Waals surface area (Å²) in [6.45, 7) is 0. The number of hydrogen-bond donors (Lipinski definition) is 2. The fourth-order valence-corrected chi connectivity index (χ4v) is 2.27. The maximum atomic E-state index is 11.8. The largest absolute Gasteiger partial charge is 0.478 e. The lowest BCUT2D eigenvalue weighted by Gasteiger charge is -2.26. The number of nitrogens with zero attached hydrogens (tertiary/aromatic N) is 1. The van der Waals surface area contributed by atoms with Crippen LogP contribution in [0.1, 0.15) is 35.7 Å². The Morgan fingerprint density at radius 2 is 2.18 bits per heavy atom. The maximum absolute atomic E-state index is 11.8. The molecular weight excluding hydrogens is 220 g/mol. The fraction of sp³-hybridized carbons (Fsp3) is 0.333. The molecule has 1 aliphatic carbocycles. The van der Waals surface area contributed by atoms with E-state index in [4.69, 9.17) is 5.11 Å². The van der Waals surface area contributed by atoms with Crippen LogP contribution in [0.25, 0.3) is 11.0 Å². The fourth-order valence-electron chi connectivity index (χ4n) is 2.27. The van der Waals surface area contributed by atoms with Crippen molar-refractivity contribution in [1.82, 2.24) is 9.55 Å². The molecule has 17 heavy (non-hydrogen) atoms. The van der Waals surface area contributed by atoms with Gasteiger partial charge >= 0.3 is 11.7 Å². The van der Waals surface area contributed by atoms with Crippen LogP contribution in [0.3, 0.4) is 0 Å². The summed E-state index contributed by atoms with van der Waals surface area (Å²) >= 11 is 0. The second-order valence-corrected chi connectivity index (χ2v) is 4.42. The first-order valence-electron chi connectivity index (χ1n) is 5.64. The van der Waals surface area contributed by atoms with Crippen LogP contribution in [0, 0.1) is 0 Å². The van der Waals surface area contributed by atoms with Crippen LogP contribution >= 0.6 is 0 Å². The van der Waals surface area contributed by atoms with Crippen LogP contribution in [-0.2, 0) is 0 Å². The first-order valence-corrected chi connectivity index (χ1v) is 5.64. The third-order valence-electron chi connectivity index (χ3n) is 3.40. The Morgan fingerprint density at radius 1 is 1.41 bits per heavy atom. The molecule has 1 aliphatic rings. The standard InChI is InChI=1S/C12H12N2O3/c15-11(16)7-4-5-10-9(6-7)13-12(17)14(10)8-2-1-3-8/h4-6,8H,1-3H2,(H,13,17)(H,15,16). The summed E-state index contributed by atoms with van der Waals surface area (Å²) < 4.78 is 1.74. The lowest BCUT2D eigenvalue weighted by molar-refractivity contribution is 0.0697. The van der Waals surface area contributed by atoms with Gasteiger partial charge in [-0.15, -0.1) is 0 Å². The minimum Gasteiger partial charge on any atom is -0.478 e. The van der Waals surface area contributed by atoms with E-state index in [1.165, 1.54) is 12.1 Å². The molecule has 0 unspecified atom stereocenters. The number of imidazole rings is 1. The molecular formula is C12H12N2O3. The molecule has 88 valence electrons. The predicted octanol–water partition coefficient (Wildman–Crippen LogP) is 1.75. The molecule has 0 aliphatic heterocycles. The molecule has 0 spiro atoms. The first kappa shape index (κ1) is 10.1. The highest BCUT2D eigenvalue weighted by Crippen LogP contribution is 2.32. The summed E-state index contributed by atoms with van der Waals surface area (Å²) in [5.74, 6) is -0.982. The zero-order valence-corrected chi connectivity index (χ0v) is 9.14. The number of fused-ring (bicyclic) bond motifs is 1. The second-order valence-electron chi connectivity index (χ2n) is 4.42. The number of benzene rings is 1. The van der Waals surface area contributed by atoms with E-state index < -0.39 is 5.97 Å². The van der Waals surface area contributed by atoms with Gasteiger partial charge in [-0.3, -0.25) is 4.57 Å². The van der Waals surface area contributed by atoms with Gasteiger partial charge in [-0.1, -0.05) is 0 Å². The van der Waals surface area contributed by atoms with Crippen LogP contribution in [-0.4, -0.2) is 20.6 Å². The van der Waals surface area contributed by atoms with Gasteiger partial charge in [0, 0.05) is 6.04 Å². The molecule has 1 aromatic carbocycles. The van der Waals surface area contributed by atoms with E-state index in [1.54, 1.807) is 10.6 Å². The van der Waals surface area contributed by atoms with E-state index in [1.807, 2.05) is 0 Å². The molecule has 1 heterocycles. The Balaban J connectivity index is 2.21. The van der Waals surface area contributed by atoms with E-state index in [9.17, 15) is 9.59 Å². The van der Waals surface area contributed by atoms with Crippen molar-refractivity contribution >= 4 is 17.0 Å². The number of carboxylic acid groups (broad SMARTS) is 1. The summed E-state index contributed by atoms with van der Waals surface area (Å²) in [7, 11) is 0. The second kappa shape index (κ2) is 3.48. The summed E-state index contributed by atoms with van der Waals surface area (Å²) in [6.07, 6.45) is 3.19. The van der Waals surface area contributed by atoms with Gasteiger partial charge in [-0.25, -0.2) is 9.59 Å². The van der Waals surface area contributed by atoms with Crippen molar-refractivity contribution in [3.63, 3.8) is 0 Å². The molecule has 0 atom stereocenters. The monoisotopic (exact) mass is 232 g/mol. The number of carboxylic acids is 1. The summed E-state index contributed by atoms with van der Waals surface area (Å²) in [4.78, 5) is 25.4. The van der Waals surface area contributed by atoms with Crippen molar-refractivity contribution in [2.75, 3.05) is 0 Å². The molecule has 0 amide bonds. The highest BCUT2D eigenvalue weighted by atomic mass is 16.4. The van der Waals surface area contributed by atoms with Gasteiger partial charge in [-0.05, 0) is 37.5 Å². The SMILES string of the molecule is O=C(O)c1ccc2c(c1)[nH]c(=O)n2C1CCC1. The summed E-state index contributed by atoms with van der Waals surface area (Å²) in [5.41, 5.74) is 1.44. The summed E-state index contributed by atoms with van der Waals surface area (Å²) in [6, 6.07) is 5.02. The number of nitrogens with one attached hydrogen (secondary N) is 1. The number of aromatic nitrogens is 2. The van der Waals surface area contributed by atoms with Gasteiger partial charge in [0.2, 0.25) is 0 Å². The molecule has 0 radical (unpaired) electrons. The normalized spacial score (nSPS) is 16.0. The smallest absolute Gasteiger partial charge is 0.335 e. The third-order valence-corrected chi connectivity index (χ3v) is 3.40. The molecule has 2 N–H and O–H groups in total. The minimum absolute atomic E-state index is 0.146. The number of hydrogen-bond acceptors (Lipinski definition) is 2. The molecule has 1 saturated carbocycles. The lowest BCUT2D eigenvalue weighted by atomic mass is 9.93. The molecule has 3 rings (SSSR count). The Kier molecular flexibility index (Phi) is 2.07. The molecule has 2 aromatic rings. The molecule has 1 aromatic heterocycles. The predicted molar refractivity (Wildman–Crippen MR) is 62.4 cm³/mol. The van der Waals surface area contributed by atoms with Crippen LogP contribution in [0.4, 0.5) is 0 Å². The van der Waals surface area contributed by atoms with Gasteiger partial charge < -0.3 is 10.1 Å². The zero-order chi connectivity index (χ0) is 12.0. The van der Waals surface area contributed by atoms with E-state index in [0.29, 0.717) is 5.52 Å². The van der Waals surface area contributed by atoms with Crippen LogP contribution in [0.2, 0.25) is 0 Å². The van der Waals surface area contributed by atoms with Crippen molar-refractivity contribution in [3.05, 3.63) is 34.2 Å². The van der Waals surface area contributed by atoms with Crippen LogP contribution in [0.5, 0.6) is 0 Å². The van der Waals surface area contributed by atoms with E-state index >= 15 is 0 Å². The van der Waals surface area contributed by atoms with Gasteiger partial charge in [0.1, 0.15) is 0 Å². The van der Waals surface area contributed by atoms with Gasteiger partial charge in [0.05, 0.1) is 16.6 Å². The number of aromatic amines is 1. The van der Waals surface area contributed by atoms with Gasteiger partial charge in [0.15, 0.2) is 0 Å². The Bertz CT molecular complexity index is 649. The number of rotatable bonds is 2. The molecule has 5 nitrogen and oxygen atoms in total. The van der Waals surface area contributed by atoms with Crippen LogP contribution in [0.15, 0.2) is 23.0 Å². The number of carbonyl (C=O) groups is 1. The first-order chi connectivity index (χ1) is 8.16. The topological polar surface area (TPSA) is 75.1 Å². The Labute approximate surface area is 96.7 Å². The zero-order valence-electron chi connectivity index (χ0n) is 9.14. The molecule has 0 bridgehead atoms. The van der Waals surface area contributed by atoms with Gasteiger partial charge in [-0.2, -0.15) is 0 Å². The minimum atomic E-state index is -0.982. The Hall–Kier alpha value is -2.04. The summed E-state index contributed by atoms with van der Waals surface area (Å²) in [5, 5.41) is 8.89. The van der Waals surface area contributed by atoms with Crippen molar-refractivity contribution in [2.24, 2.45) is 0 Å². The van der Waals surface area contributed by atoms with Crippen molar-refractivity contribution in [3.8, 4) is 0 Å². The number of aromatic carboxylic acids is 1. The van der Waals surface area contributed by atoms with Crippen molar-refractivity contribution < 1.29 is 9.90 Å². The van der Waals surface area contributed by atoms with E-state index in [-0.39, 0.29) is 17.3 Å². The molecule has 1 fully saturated rings. The third kappa shape index (κ3) is 1.46. The van der Waals surface area contributed by atoms with Crippen molar-refractivity contribution in [2.45, 2.75) is 25.3 Å². The van der Waals surface area contributed by atoms with Crippen molar-refractivity contribution in [1.29, 1.82) is 0 Å². The van der Waals surface area contributed by atoms with E-state index in [2.05, 4.69) is 4.98 Å². The van der Waals surface area contributed by atoms with E-state index in [0.717, 1.165) is 24.8 Å². The average molecular weight is 232 g/mol. The average Bonchev–Trinajstić information content (AvgIpc) is 2.52. The molecule has 5 heteroatoms.